The molecule has 0 N–H and O–H groups in total. The maximum Gasteiger partial charge on any atom is 0.121 e. The van der Waals surface area contributed by atoms with Gasteiger partial charge in [0, 0.05) is 25.1 Å². The van der Waals surface area contributed by atoms with Gasteiger partial charge in [0.05, 0.1) is 18.3 Å². The minimum absolute atomic E-state index is 0.115. The minimum Gasteiger partial charge on any atom is -0.381 e. The maximum atomic E-state index is 5.71. The lowest BCUT2D eigenvalue weighted by Gasteiger charge is -2.25. The Balaban J connectivity index is 4.19. The van der Waals surface area contributed by atoms with Crippen molar-refractivity contribution in [3.63, 3.8) is 0 Å². The summed E-state index contributed by atoms with van der Waals surface area (Å²) in [4.78, 5) is 0. The van der Waals surface area contributed by atoms with E-state index < -0.39 is 0 Å². The van der Waals surface area contributed by atoms with Crippen LogP contribution in [0.25, 0.3) is 0 Å². The van der Waals surface area contributed by atoms with Crippen molar-refractivity contribution < 1.29 is 14.2 Å². The van der Waals surface area contributed by atoms with Gasteiger partial charge >= 0.3 is 0 Å². The van der Waals surface area contributed by atoms with Crippen LogP contribution in [0.2, 0.25) is 0 Å². The first kappa shape index (κ1) is 19.9. The number of methoxy groups -OCH3 is 2. The zero-order valence-corrected chi connectivity index (χ0v) is 15.3. The molecule has 0 bridgehead atoms. The van der Waals surface area contributed by atoms with Crippen LogP contribution < -0.4 is 0 Å². The summed E-state index contributed by atoms with van der Waals surface area (Å²) in [5, 5.41) is 0. The molecule has 0 unspecified atom stereocenters. The highest BCUT2D eigenvalue weighted by Gasteiger charge is 2.20. The average Bonchev–Trinajstić information content (AvgIpc) is 2.43. The predicted molar refractivity (Wildman–Crippen MR) is 89.5 cm³/mol. The summed E-state index contributed by atoms with van der Waals surface area (Å²) in [6, 6.07) is 0.230. The fourth-order valence-electron chi connectivity index (χ4n) is 2.08. The Morgan fingerprint density at radius 3 is 2.11 bits per heavy atom. The molecule has 0 aliphatic heterocycles. The Morgan fingerprint density at radius 1 is 1.00 bits per heavy atom. The zero-order chi connectivity index (χ0) is 14.5. The van der Waals surface area contributed by atoms with Crippen molar-refractivity contribution in [2.45, 2.75) is 63.8 Å². The molecule has 0 aromatic rings. The maximum absolute atomic E-state index is 5.71. The molecule has 0 aromatic carbocycles. The Labute approximate surface area is 136 Å². The summed E-state index contributed by atoms with van der Waals surface area (Å²) in [5.74, 6) is 0. The Kier molecular flexibility index (Phi) is 14.5. The SMILES string of the molecule is CCCCC[C@H](C[C@H](C[C@H](CI)OC)OCCl)OC. The van der Waals surface area contributed by atoms with Crippen LogP contribution in [-0.2, 0) is 14.2 Å². The summed E-state index contributed by atoms with van der Waals surface area (Å²) in [6.45, 7) is 2.21. The number of alkyl halides is 2. The van der Waals surface area contributed by atoms with E-state index in [0.29, 0.717) is 0 Å². The van der Waals surface area contributed by atoms with E-state index in [9.17, 15) is 0 Å². The van der Waals surface area contributed by atoms with Crippen molar-refractivity contribution in [1.29, 1.82) is 0 Å². The summed E-state index contributed by atoms with van der Waals surface area (Å²) in [6.07, 6.45) is 7.16. The van der Waals surface area contributed by atoms with Crippen LogP contribution in [-0.4, -0.2) is 43.0 Å². The number of halogens is 2. The second-order valence-corrected chi connectivity index (χ2v) is 5.83. The molecule has 0 saturated carbocycles. The summed E-state index contributed by atoms with van der Waals surface area (Å²) in [5.41, 5.74) is 0. The number of hydrogen-bond donors (Lipinski definition) is 0. The highest BCUT2D eigenvalue weighted by atomic mass is 127. The predicted octanol–water partition coefficient (Wildman–Crippen LogP) is 4.39. The van der Waals surface area contributed by atoms with E-state index in [1.54, 1.807) is 14.2 Å². The second kappa shape index (κ2) is 13.9. The molecule has 0 aliphatic carbocycles. The van der Waals surface area contributed by atoms with Gasteiger partial charge in [0.25, 0.3) is 0 Å². The van der Waals surface area contributed by atoms with Crippen LogP contribution in [0.3, 0.4) is 0 Å². The van der Waals surface area contributed by atoms with Gasteiger partial charge < -0.3 is 14.2 Å². The van der Waals surface area contributed by atoms with E-state index in [4.69, 9.17) is 25.8 Å². The Morgan fingerprint density at radius 2 is 1.63 bits per heavy atom. The van der Waals surface area contributed by atoms with Gasteiger partial charge in [0.2, 0.25) is 0 Å². The average molecular weight is 407 g/mol. The van der Waals surface area contributed by atoms with E-state index in [-0.39, 0.29) is 24.4 Å². The van der Waals surface area contributed by atoms with Gasteiger partial charge in [-0.15, -0.1) is 0 Å². The second-order valence-electron chi connectivity index (χ2n) is 4.73. The first-order chi connectivity index (χ1) is 9.21. The van der Waals surface area contributed by atoms with Crippen LogP contribution in [0.4, 0.5) is 0 Å². The molecule has 0 amide bonds. The smallest absolute Gasteiger partial charge is 0.121 e. The van der Waals surface area contributed by atoms with Gasteiger partial charge in [-0.25, -0.2) is 0 Å². The molecule has 0 fully saturated rings. The fraction of sp³-hybridized carbons (Fsp3) is 1.00. The lowest BCUT2D eigenvalue weighted by atomic mass is 10.0. The third kappa shape index (κ3) is 10.3. The fourth-order valence-corrected chi connectivity index (χ4v) is 2.98. The normalized spacial score (nSPS) is 16.3. The molecule has 0 radical (unpaired) electrons. The van der Waals surface area contributed by atoms with Crippen LogP contribution in [0, 0.1) is 0 Å². The topological polar surface area (TPSA) is 27.7 Å². The number of hydrogen-bond acceptors (Lipinski definition) is 3. The first-order valence-electron chi connectivity index (χ1n) is 7.00. The molecular formula is C14H28ClIO3. The number of unbranched alkanes of at least 4 members (excludes halogenated alkanes) is 2. The highest BCUT2D eigenvalue weighted by Crippen LogP contribution is 2.18. The molecule has 19 heavy (non-hydrogen) atoms. The third-order valence-electron chi connectivity index (χ3n) is 3.32. The van der Waals surface area contributed by atoms with Crippen molar-refractivity contribution in [3.8, 4) is 0 Å². The van der Waals surface area contributed by atoms with Gasteiger partial charge in [-0.1, -0.05) is 60.4 Å². The largest absolute Gasteiger partial charge is 0.381 e. The lowest BCUT2D eigenvalue weighted by molar-refractivity contribution is -0.0156. The Hall–Kier alpha value is 0.900. The quantitative estimate of drug-likeness (QED) is 0.258. The monoisotopic (exact) mass is 406 g/mol. The van der Waals surface area contributed by atoms with Crippen LogP contribution in [0.15, 0.2) is 0 Å². The molecule has 0 heterocycles. The zero-order valence-electron chi connectivity index (χ0n) is 12.4. The van der Waals surface area contributed by atoms with E-state index in [0.717, 1.165) is 23.7 Å². The highest BCUT2D eigenvalue weighted by molar-refractivity contribution is 14.1. The van der Waals surface area contributed by atoms with Crippen LogP contribution >= 0.6 is 34.2 Å². The number of rotatable bonds is 13. The minimum atomic E-state index is 0.115. The first-order valence-corrected chi connectivity index (χ1v) is 9.06. The molecule has 0 spiro atoms. The van der Waals surface area contributed by atoms with Gasteiger partial charge in [0.1, 0.15) is 6.07 Å². The Bertz CT molecular complexity index is 192. The molecular weight excluding hydrogens is 379 g/mol. The standard InChI is InChI=1S/C14H28ClIO3/c1-4-5-6-7-12(17-2)8-13(19-11-15)9-14(10-16)18-3/h12-14H,4-11H2,1-3H3/t12-,13-,14-/m1/s1. The van der Waals surface area contributed by atoms with Gasteiger partial charge in [-0.2, -0.15) is 0 Å². The summed E-state index contributed by atoms with van der Waals surface area (Å²) >= 11 is 8.05. The third-order valence-corrected chi connectivity index (χ3v) is 4.43. The van der Waals surface area contributed by atoms with Crippen LogP contribution in [0.5, 0.6) is 0 Å². The molecule has 3 nitrogen and oxygen atoms in total. The van der Waals surface area contributed by atoms with Crippen molar-refractivity contribution in [2.75, 3.05) is 24.7 Å². The molecule has 116 valence electrons. The van der Waals surface area contributed by atoms with Gasteiger partial charge in [0.15, 0.2) is 0 Å². The van der Waals surface area contributed by atoms with E-state index in [2.05, 4.69) is 29.5 Å². The van der Waals surface area contributed by atoms with Crippen molar-refractivity contribution >= 4 is 34.2 Å². The van der Waals surface area contributed by atoms with Crippen molar-refractivity contribution in [3.05, 3.63) is 0 Å². The lowest BCUT2D eigenvalue weighted by Crippen LogP contribution is -2.28. The van der Waals surface area contributed by atoms with E-state index in [1.165, 1.54) is 19.3 Å². The number of ether oxygens (including phenoxy) is 3. The van der Waals surface area contributed by atoms with Crippen molar-refractivity contribution in [2.24, 2.45) is 0 Å². The molecule has 0 aromatic heterocycles. The molecule has 3 atom stereocenters. The van der Waals surface area contributed by atoms with E-state index in [1.807, 2.05) is 0 Å². The molecule has 0 saturated heterocycles. The van der Waals surface area contributed by atoms with Gasteiger partial charge in [-0.3, -0.25) is 0 Å². The van der Waals surface area contributed by atoms with Gasteiger partial charge in [-0.05, 0) is 12.8 Å². The molecule has 0 rings (SSSR count). The van der Waals surface area contributed by atoms with Crippen LogP contribution in [0.1, 0.15) is 45.4 Å². The summed E-state index contributed by atoms with van der Waals surface area (Å²) in [7, 11) is 3.52. The summed E-state index contributed by atoms with van der Waals surface area (Å²) < 4.78 is 17.6. The molecule has 0 aliphatic rings. The molecule has 5 heteroatoms. The van der Waals surface area contributed by atoms with Crippen molar-refractivity contribution in [1.82, 2.24) is 0 Å². The van der Waals surface area contributed by atoms with E-state index >= 15 is 0 Å².